The van der Waals surface area contributed by atoms with Crippen LogP contribution in [0.4, 0.5) is 19.0 Å². The molecule has 12 heteroatoms. The number of hydroxylamine groups is 1. The maximum Gasteiger partial charge on any atom is 0.493 e. The Morgan fingerprint density at radius 3 is 2.44 bits per heavy atom. The van der Waals surface area contributed by atoms with E-state index >= 15 is 0 Å². The largest absolute Gasteiger partial charge is 0.493 e. The third-order valence-electron chi connectivity index (χ3n) is 5.61. The van der Waals surface area contributed by atoms with Gasteiger partial charge in [0.1, 0.15) is 5.69 Å². The number of carbonyl (C=O) groups is 2. The van der Waals surface area contributed by atoms with Gasteiger partial charge >= 0.3 is 12.1 Å². The minimum Gasteiger partial charge on any atom is -0.323 e. The van der Waals surface area contributed by atoms with Crippen molar-refractivity contribution in [1.82, 2.24) is 19.6 Å². The summed E-state index contributed by atoms with van der Waals surface area (Å²) in [7, 11) is 0. The van der Waals surface area contributed by atoms with Crippen LogP contribution in [0.3, 0.4) is 0 Å². The Morgan fingerprint density at radius 1 is 0.949 bits per heavy atom. The number of imidazole rings is 1. The highest BCUT2D eigenvalue weighted by Crippen LogP contribution is 2.35. The Morgan fingerprint density at radius 2 is 1.72 bits per heavy atom. The smallest absolute Gasteiger partial charge is 0.323 e. The molecule has 0 N–H and O–H groups in total. The second-order valence-electron chi connectivity index (χ2n) is 8.36. The number of benzene rings is 2. The number of hydrogen-bond donors (Lipinski definition) is 0. The average Bonchev–Trinajstić information content (AvgIpc) is 3.31. The van der Waals surface area contributed by atoms with E-state index in [1.807, 2.05) is 0 Å². The quantitative estimate of drug-likeness (QED) is 0.251. The van der Waals surface area contributed by atoms with Gasteiger partial charge < -0.3 is 4.84 Å². The molecule has 1 amide bonds. The van der Waals surface area contributed by atoms with Crippen molar-refractivity contribution in [1.29, 1.82) is 0 Å². The normalized spacial score (nSPS) is 11.4. The van der Waals surface area contributed by atoms with E-state index in [9.17, 15) is 22.8 Å². The minimum absolute atomic E-state index is 0.0149. The van der Waals surface area contributed by atoms with E-state index in [0.717, 1.165) is 5.56 Å². The van der Waals surface area contributed by atoms with Crippen LogP contribution in [0.15, 0.2) is 85.2 Å². The molecule has 0 saturated heterocycles. The summed E-state index contributed by atoms with van der Waals surface area (Å²) in [5.74, 6) is -3.96. The van der Waals surface area contributed by atoms with E-state index in [4.69, 9.17) is 11.6 Å². The molecule has 0 aliphatic rings. The zero-order chi connectivity index (χ0) is 27.7. The number of halogens is 4. The first-order chi connectivity index (χ1) is 18.6. The van der Waals surface area contributed by atoms with Crippen LogP contribution in [-0.4, -0.2) is 37.6 Å². The van der Waals surface area contributed by atoms with Crippen molar-refractivity contribution in [3.8, 4) is 22.5 Å². The molecule has 2 aromatic carbocycles. The molecule has 196 valence electrons. The Bertz CT molecular complexity index is 1700. The molecular formula is C27H17ClF3N5O3. The zero-order valence-electron chi connectivity index (χ0n) is 20.1. The van der Waals surface area contributed by atoms with Crippen molar-refractivity contribution in [2.24, 2.45) is 0 Å². The van der Waals surface area contributed by atoms with Gasteiger partial charge in [-0.1, -0.05) is 41.4 Å². The molecule has 0 unspecified atom stereocenters. The fourth-order valence-electron chi connectivity index (χ4n) is 3.80. The molecule has 8 nitrogen and oxygen atoms in total. The van der Waals surface area contributed by atoms with Gasteiger partial charge in [-0.05, 0) is 55.5 Å². The average molecular weight is 552 g/mol. The lowest BCUT2D eigenvalue weighted by molar-refractivity contribution is -0.200. The fourth-order valence-corrected chi connectivity index (χ4v) is 3.99. The molecule has 5 rings (SSSR count). The molecule has 3 aromatic heterocycles. The Hall–Kier alpha value is -4.77. The fraction of sp³-hybridized carbons (Fsp3) is 0.0741. The van der Waals surface area contributed by atoms with Gasteiger partial charge in [-0.15, -0.1) is 5.06 Å². The number of pyridine rings is 1. The van der Waals surface area contributed by atoms with Crippen LogP contribution in [-0.2, 0) is 9.63 Å². The van der Waals surface area contributed by atoms with Crippen molar-refractivity contribution in [3.05, 3.63) is 101 Å². The molecule has 0 saturated carbocycles. The summed E-state index contributed by atoms with van der Waals surface area (Å²) in [5, 5.41) is 5.05. The Kier molecular flexibility index (Phi) is 6.75. The molecular weight excluding hydrogens is 535 g/mol. The molecule has 0 fully saturated rings. The van der Waals surface area contributed by atoms with Crippen molar-refractivity contribution >= 4 is 34.9 Å². The number of carbonyl (C=O) groups excluding carboxylic acids is 2. The SMILES string of the molecule is Cc1ccc(C(=O)N(OC(=O)C(F)(F)F)c2cc(-c3c(-c4cccc(Cl)c4)nc4cccnn34)ccn2)cc1. The minimum atomic E-state index is -5.35. The molecule has 0 atom stereocenters. The number of fused-ring (bicyclic) bond motifs is 1. The van der Waals surface area contributed by atoms with E-state index < -0.39 is 18.1 Å². The van der Waals surface area contributed by atoms with E-state index in [0.29, 0.717) is 33.2 Å². The lowest BCUT2D eigenvalue weighted by Gasteiger charge is -2.21. The molecule has 0 aliphatic heterocycles. The van der Waals surface area contributed by atoms with Crippen molar-refractivity contribution in [3.63, 3.8) is 0 Å². The second-order valence-corrected chi connectivity index (χ2v) is 8.79. The number of amides is 1. The molecule has 39 heavy (non-hydrogen) atoms. The predicted octanol–water partition coefficient (Wildman–Crippen LogP) is 6.09. The maximum absolute atomic E-state index is 13.3. The highest BCUT2D eigenvalue weighted by atomic mass is 35.5. The molecule has 0 aliphatic carbocycles. The highest BCUT2D eigenvalue weighted by molar-refractivity contribution is 6.30. The van der Waals surface area contributed by atoms with Crippen LogP contribution in [0, 0.1) is 6.92 Å². The van der Waals surface area contributed by atoms with Crippen molar-refractivity contribution in [2.45, 2.75) is 13.1 Å². The zero-order valence-corrected chi connectivity index (χ0v) is 20.8. The standard InChI is InChI=1S/C27H17ClF3N5O3/c1-16-7-9-17(10-8-16)25(37)36(39-26(38)27(29,30)31)22-15-19(11-13-32-22)24-23(18-4-2-5-20(28)14-18)34-21-6-3-12-33-35(21)24/h2-15H,1H3. The van der Waals surface area contributed by atoms with Gasteiger partial charge in [-0.2, -0.15) is 18.3 Å². The van der Waals surface area contributed by atoms with Crippen LogP contribution in [0.1, 0.15) is 15.9 Å². The monoisotopic (exact) mass is 551 g/mol. The van der Waals surface area contributed by atoms with Gasteiger partial charge in [0.15, 0.2) is 11.5 Å². The summed E-state index contributed by atoms with van der Waals surface area (Å²) in [6.45, 7) is 1.78. The predicted molar refractivity (Wildman–Crippen MR) is 137 cm³/mol. The highest BCUT2D eigenvalue weighted by Gasteiger charge is 2.44. The van der Waals surface area contributed by atoms with Gasteiger partial charge in [0.2, 0.25) is 0 Å². The van der Waals surface area contributed by atoms with E-state index in [2.05, 4.69) is 19.9 Å². The van der Waals surface area contributed by atoms with Crippen molar-refractivity contribution < 1.29 is 27.6 Å². The van der Waals surface area contributed by atoms with Crippen LogP contribution in [0.25, 0.3) is 28.2 Å². The summed E-state index contributed by atoms with van der Waals surface area (Å²) in [4.78, 5) is 38.3. The van der Waals surface area contributed by atoms with Crippen LogP contribution in [0.5, 0.6) is 0 Å². The number of hydrogen-bond acceptors (Lipinski definition) is 6. The molecule has 5 aromatic rings. The van der Waals surface area contributed by atoms with E-state index in [1.165, 1.54) is 28.9 Å². The molecule has 0 spiro atoms. The Balaban J connectivity index is 1.66. The molecule has 0 radical (unpaired) electrons. The number of alkyl halides is 3. The lowest BCUT2D eigenvalue weighted by Crippen LogP contribution is -2.39. The molecule has 0 bridgehead atoms. The Labute approximate surface area is 224 Å². The van der Waals surface area contributed by atoms with Crippen LogP contribution in [0.2, 0.25) is 5.02 Å². The third kappa shape index (κ3) is 5.30. The summed E-state index contributed by atoms with van der Waals surface area (Å²) >= 11 is 6.20. The van der Waals surface area contributed by atoms with Gasteiger partial charge in [-0.3, -0.25) is 4.79 Å². The topological polar surface area (TPSA) is 89.7 Å². The number of rotatable bonds is 4. The van der Waals surface area contributed by atoms with Crippen LogP contribution < -0.4 is 5.06 Å². The van der Waals surface area contributed by atoms with Gasteiger partial charge in [0.05, 0.1) is 5.69 Å². The summed E-state index contributed by atoms with van der Waals surface area (Å²) in [5.41, 5.74) is 3.23. The summed E-state index contributed by atoms with van der Waals surface area (Å²) in [6, 6.07) is 19.2. The van der Waals surface area contributed by atoms with E-state index in [1.54, 1.807) is 67.7 Å². The second kappa shape index (κ2) is 10.2. The lowest BCUT2D eigenvalue weighted by atomic mass is 10.1. The van der Waals surface area contributed by atoms with Crippen LogP contribution >= 0.6 is 11.6 Å². The number of anilines is 1. The van der Waals surface area contributed by atoms with Gasteiger partial charge in [0.25, 0.3) is 5.91 Å². The number of nitrogens with zero attached hydrogens (tertiary/aromatic N) is 5. The van der Waals surface area contributed by atoms with Gasteiger partial charge in [0, 0.05) is 34.1 Å². The number of aryl methyl sites for hydroxylation is 1. The maximum atomic E-state index is 13.3. The van der Waals surface area contributed by atoms with Gasteiger partial charge in [-0.25, -0.2) is 19.3 Å². The van der Waals surface area contributed by atoms with Crippen molar-refractivity contribution in [2.75, 3.05) is 5.06 Å². The summed E-state index contributed by atoms with van der Waals surface area (Å²) in [6.07, 6.45) is -2.54. The number of aromatic nitrogens is 4. The first-order valence-corrected chi connectivity index (χ1v) is 11.8. The summed E-state index contributed by atoms with van der Waals surface area (Å²) < 4.78 is 40.9. The third-order valence-corrected chi connectivity index (χ3v) is 5.84. The first-order valence-electron chi connectivity index (χ1n) is 11.4. The first kappa shape index (κ1) is 25.9. The van der Waals surface area contributed by atoms with E-state index in [-0.39, 0.29) is 16.4 Å². The molecule has 3 heterocycles.